The first-order chi connectivity index (χ1) is 29.3. The van der Waals surface area contributed by atoms with Crippen molar-refractivity contribution < 1.29 is 28.6 Å². The van der Waals surface area contributed by atoms with Gasteiger partial charge in [-0.2, -0.15) is 0 Å². The SMILES string of the molecule is CCCCCCCCCCCCCC(=O)OC[C@@H](COC(=O)CCCCCCCCCCCCCCCCCCC(C)C)OC(=O)CCCCCCCCCCC(C)CC. The van der Waals surface area contributed by atoms with E-state index in [4.69, 9.17) is 14.2 Å². The van der Waals surface area contributed by atoms with Crippen LogP contribution in [-0.2, 0) is 28.6 Å². The Kier molecular flexibility index (Phi) is 45.7. The Morgan fingerprint density at radius 2 is 0.633 bits per heavy atom. The molecule has 0 spiro atoms. The molecule has 0 aliphatic heterocycles. The summed E-state index contributed by atoms with van der Waals surface area (Å²) in [5, 5.41) is 0. The van der Waals surface area contributed by atoms with Crippen LogP contribution in [0, 0.1) is 11.8 Å². The van der Waals surface area contributed by atoms with Gasteiger partial charge in [0.2, 0.25) is 0 Å². The largest absolute Gasteiger partial charge is 0.462 e. The Morgan fingerprint density at radius 1 is 0.350 bits per heavy atom. The van der Waals surface area contributed by atoms with E-state index in [-0.39, 0.29) is 31.1 Å². The molecule has 0 aromatic heterocycles. The fraction of sp³-hybridized carbons (Fsp3) is 0.944. The van der Waals surface area contributed by atoms with Crippen LogP contribution in [0.2, 0.25) is 0 Å². The van der Waals surface area contributed by atoms with Crippen LogP contribution in [0.25, 0.3) is 0 Å². The molecule has 0 aliphatic carbocycles. The first-order valence-electron chi connectivity index (χ1n) is 26.8. The summed E-state index contributed by atoms with van der Waals surface area (Å²) in [6, 6.07) is 0. The van der Waals surface area contributed by atoms with Crippen LogP contribution in [0.3, 0.4) is 0 Å². The van der Waals surface area contributed by atoms with Gasteiger partial charge in [-0.3, -0.25) is 14.4 Å². The lowest BCUT2D eigenvalue weighted by Gasteiger charge is -2.18. The first kappa shape index (κ1) is 58.4. The number of ether oxygens (including phenoxy) is 3. The van der Waals surface area contributed by atoms with Gasteiger partial charge in [-0.05, 0) is 31.1 Å². The molecule has 0 rings (SSSR count). The zero-order valence-electron chi connectivity index (χ0n) is 41.1. The van der Waals surface area contributed by atoms with Gasteiger partial charge in [0.05, 0.1) is 0 Å². The second kappa shape index (κ2) is 46.9. The number of unbranched alkanes of at least 4 members (excludes halogenated alkanes) is 32. The number of esters is 3. The van der Waals surface area contributed by atoms with Gasteiger partial charge in [-0.25, -0.2) is 0 Å². The van der Waals surface area contributed by atoms with E-state index in [2.05, 4.69) is 34.6 Å². The monoisotopic (exact) mass is 849 g/mol. The topological polar surface area (TPSA) is 78.9 Å². The average molecular weight is 849 g/mol. The third-order valence-electron chi connectivity index (χ3n) is 12.6. The van der Waals surface area contributed by atoms with Gasteiger partial charge in [0.25, 0.3) is 0 Å². The lowest BCUT2D eigenvalue weighted by atomic mass is 9.99. The van der Waals surface area contributed by atoms with Gasteiger partial charge in [-0.1, -0.05) is 259 Å². The number of hydrogen-bond donors (Lipinski definition) is 0. The molecule has 0 aromatic rings. The van der Waals surface area contributed by atoms with E-state index in [9.17, 15) is 14.4 Å². The lowest BCUT2D eigenvalue weighted by molar-refractivity contribution is -0.167. The highest BCUT2D eigenvalue weighted by Crippen LogP contribution is 2.18. The van der Waals surface area contributed by atoms with Crippen LogP contribution in [0.1, 0.15) is 298 Å². The van der Waals surface area contributed by atoms with Crippen molar-refractivity contribution in [3.8, 4) is 0 Å². The van der Waals surface area contributed by atoms with Crippen LogP contribution in [-0.4, -0.2) is 37.2 Å². The van der Waals surface area contributed by atoms with Crippen LogP contribution in [0.5, 0.6) is 0 Å². The highest BCUT2D eigenvalue weighted by molar-refractivity contribution is 5.71. The zero-order valence-corrected chi connectivity index (χ0v) is 41.1. The normalized spacial score (nSPS) is 12.5. The summed E-state index contributed by atoms with van der Waals surface area (Å²) in [5.74, 6) is 0.850. The third kappa shape index (κ3) is 45.9. The Balaban J connectivity index is 4.25. The molecule has 2 atom stereocenters. The van der Waals surface area contributed by atoms with Crippen LogP contribution in [0.4, 0.5) is 0 Å². The fourth-order valence-corrected chi connectivity index (χ4v) is 8.13. The summed E-state index contributed by atoms with van der Waals surface area (Å²) < 4.78 is 16.8. The van der Waals surface area contributed by atoms with E-state index in [1.807, 2.05) is 0 Å². The Bertz CT molecular complexity index is 918. The van der Waals surface area contributed by atoms with Crippen LogP contribution >= 0.6 is 0 Å². The summed E-state index contributed by atoms with van der Waals surface area (Å²) in [6.07, 6.45) is 48.0. The minimum Gasteiger partial charge on any atom is -0.462 e. The van der Waals surface area contributed by atoms with Gasteiger partial charge in [-0.15, -0.1) is 0 Å². The van der Waals surface area contributed by atoms with Crippen LogP contribution < -0.4 is 0 Å². The number of carbonyl (C=O) groups excluding carboxylic acids is 3. The summed E-state index contributed by atoms with van der Waals surface area (Å²) in [5.41, 5.74) is 0. The molecule has 60 heavy (non-hydrogen) atoms. The van der Waals surface area contributed by atoms with E-state index in [0.717, 1.165) is 69.6 Å². The molecule has 0 fully saturated rings. The van der Waals surface area contributed by atoms with Gasteiger partial charge >= 0.3 is 17.9 Å². The molecule has 0 bridgehead atoms. The van der Waals surface area contributed by atoms with Crippen molar-refractivity contribution in [3.05, 3.63) is 0 Å². The van der Waals surface area contributed by atoms with Gasteiger partial charge in [0.15, 0.2) is 6.10 Å². The van der Waals surface area contributed by atoms with E-state index in [1.54, 1.807) is 0 Å². The summed E-state index contributed by atoms with van der Waals surface area (Å²) in [7, 11) is 0. The Labute approximate surface area is 374 Å². The summed E-state index contributed by atoms with van der Waals surface area (Å²) in [4.78, 5) is 37.9. The quantitative estimate of drug-likeness (QED) is 0.0345. The van der Waals surface area contributed by atoms with Crippen molar-refractivity contribution in [2.45, 2.75) is 304 Å². The van der Waals surface area contributed by atoms with E-state index in [0.29, 0.717) is 19.3 Å². The van der Waals surface area contributed by atoms with Crippen molar-refractivity contribution in [1.82, 2.24) is 0 Å². The maximum Gasteiger partial charge on any atom is 0.306 e. The van der Waals surface area contributed by atoms with Gasteiger partial charge in [0.1, 0.15) is 13.2 Å². The molecule has 6 nitrogen and oxygen atoms in total. The van der Waals surface area contributed by atoms with Gasteiger partial charge < -0.3 is 14.2 Å². The van der Waals surface area contributed by atoms with E-state index < -0.39 is 6.10 Å². The molecule has 0 aliphatic rings. The minimum atomic E-state index is -0.762. The minimum absolute atomic E-state index is 0.0637. The molecular weight excluding hydrogens is 745 g/mol. The van der Waals surface area contributed by atoms with Crippen molar-refractivity contribution in [1.29, 1.82) is 0 Å². The molecule has 0 aromatic carbocycles. The molecule has 1 unspecified atom stereocenters. The summed E-state index contributed by atoms with van der Waals surface area (Å²) >= 11 is 0. The lowest BCUT2D eigenvalue weighted by Crippen LogP contribution is -2.30. The van der Waals surface area contributed by atoms with Gasteiger partial charge in [0, 0.05) is 19.3 Å². The molecule has 6 heteroatoms. The second-order valence-electron chi connectivity index (χ2n) is 19.2. The van der Waals surface area contributed by atoms with Crippen LogP contribution in [0.15, 0.2) is 0 Å². The molecule has 0 amide bonds. The maximum atomic E-state index is 12.8. The van der Waals surface area contributed by atoms with Crippen molar-refractivity contribution in [2.75, 3.05) is 13.2 Å². The van der Waals surface area contributed by atoms with Crippen molar-refractivity contribution in [3.63, 3.8) is 0 Å². The smallest absolute Gasteiger partial charge is 0.306 e. The highest BCUT2D eigenvalue weighted by Gasteiger charge is 2.19. The molecule has 0 radical (unpaired) electrons. The predicted molar refractivity (Wildman–Crippen MR) is 256 cm³/mol. The standard InChI is InChI=1S/C54H104O6/c1-6-8-9-10-11-12-19-23-29-34-39-44-52(55)58-47-51(60-54(57)46-41-36-31-26-25-28-33-38-43-50(5)7-2)48-59-53(56)45-40-35-30-24-21-18-16-14-13-15-17-20-22-27-32-37-42-49(3)4/h49-51H,6-48H2,1-5H3/t50?,51-/m0/s1. The predicted octanol–water partition coefficient (Wildman–Crippen LogP) is 17.3. The Morgan fingerprint density at radius 3 is 0.950 bits per heavy atom. The fourth-order valence-electron chi connectivity index (χ4n) is 8.13. The first-order valence-corrected chi connectivity index (χ1v) is 26.8. The number of carbonyl (C=O) groups is 3. The molecular formula is C54H104O6. The average Bonchev–Trinajstić information content (AvgIpc) is 3.23. The highest BCUT2D eigenvalue weighted by atomic mass is 16.6. The molecule has 0 saturated heterocycles. The third-order valence-corrected chi connectivity index (χ3v) is 12.6. The Hall–Kier alpha value is -1.59. The van der Waals surface area contributed by atoms with Crippen molar-refractivity contribution >= 4 is 17.9 Å². The molecule has 0 heterocycles. The number of hydrogen-bond acceptors (Lipinski definition) is 6. The second-order valence-corrected chi connectivity index (χ2v) is 19.2. The van der Waals surface area contributed by atoms with E-state index >= 15 is 0 Å². The molecule has 0 saturated carbocycles. The molecule has 356 valence electrons. The van der Waals surface area contributed by atoms with Crippen molar-refractivity contribution in [2.24, 2.45) is 11.8 Å². The number of rotatable bonds is 48. The van der Waals surface area contributed by atoms with E-state index in [1.165, 1.54) is 186 Å². The molecule has 0 N–H and O–H groups in total. The zero-order chi connectivity index (χ0) is 44.0. The summed E-state index contributed by atoms with van der Waals surface area (Å²) in [6.45, 7) is 11.4. The maximum absolute atomic E-state index is 12.8.